The van der Waals surface area contributed by atoms with Crippen LogP contribution in [0.2, 0.25) is 0 Å². The molecule has 1 saturated heterocycles. The molecule has 1 fully saturated rings. The molecule has 0 saturated carbocycles. The molecule has 0 aromatic rings. The normalized spacial score (nSPS) is 25.3. The van der Waals surface area contributed by atoms with Crippen LogP contribution < -0.4 is 5.32 Å². The Hall–Kier alpha value is -2.87. The Morgan fingerprint density at radius 3 is 2.00 bits per heavy atom. The maximum absolute atomic E-state index is 12.8. The predicted octanol–water partition coefficient (Wildman–Crippen LogP) is -0.129. The molecule has 0 radical (unpaired) electrons. The van der Waals surface area contributed by atoms with Crippen molar-refractivity contribution in [2.75, 3.05) is 20.0 Å². The number of hydrogen-bond donors (Lipinski definition) is 1. The lowest BCUT2D eigenvalue weighted by Crippen LogP contribution is -2.68. The van der Waals surface area contributed by atoms with Crippen molar-refractivity contribution in [3.05, 3.63) is 0 Å². The summed E-state index contributed by atoms with van der Waals surface area (Å²) in [6.45, 7) is 5.08. The second-order valence-electron chi connectivity index (χ2n) is 7.63. The second kappa shape index (κ2) is 13.3. The first-order valence-electron chi connectivity index (χ1n) is 10.5. The van der Waals surface area contributed by atoms with Crippen molar-refractivity contribution in [3.8, 4) is 0 Å². The lowest BCUT2D eigenvalue weighted by atomic mass is 9.89. The maximum atomic E-state index is 12.8. The van der Waals surface area contributed by atoms with Crippen LogP contribution in [0.1, 0.15) is 41.0 Å². The molecule has 13 nitrogen and oxygen atoms in total. The maximum Gasteiger partial charge on any atom is 0.348 e. The fraction of sp³-hybridized carbons (Fsp3) is 0.714. The molecule has 0 spiro atoms. The summed E-state index contributed by atoms with van der Waals surface area (Å²) in [6.07, 6.45) is -4.17. The van der Waals surface area contributed by atoms with Gasteiger partial charge < -0.3 is 33.7 Å². The second-order valence-corrected chi connectivity index (χ2v) is 8.70. The lowest BCUT2D eigenvalue weighted by molar-refractivity contribution is -0.224. The van der Waals surface area contributed by atoms with Crippen molar-refractivity contribution in [2.45, 2.75) is 76.4 Å². The molecule has 1 heterocycles. The van der Waals surface area contributed by atoms with Gasteiger partial charge in [0.1, 0.15) is 18.8 Å². The minimum atomic E-state index is -1.75. The third-order valence-corrected chi connectivity index (χ3v) is 5.91. The number of amides is 1. The Morgan fingerprint density at radius 1 is 0.971 bits per heavy atom. The number of carbonyl (C=O) groups excluding carboxylic acids is 6. The number of hydrogen-bond acceptors (Lipinski definition) is 13. The first-order chi connectivity index (χ1) is 16.3. The number of carbonyl (C=O) groups is 6. The zero-order valence-electron chi connectivity index (χ0n) is 20.6. The van der Waals surface area contributed by atoms with E-state index in [9.17, 15) is 28.8 Å². The van der Waals surface area contributed by atoms with Crippen molar-refractivity contribution in [1.29, 1.82) is 0 Å². The number of ether oxygens (including phenoxy) is 6. The van der Waals surface area contributed by atoms with Gasteiger partial charge in [0.05, 0.1) is 13.2 Å². The number of rotatable bonds is 10. The molecule has 0 aromatic carbocycles. The average Bonchev–Trinajstić information content (AvgIpc) is 2.74. The molecule has 198 valence electrons. The summed E-state index contributed by atoms with van der Waals surface area (Å²) < 4.78 is 32.1. The molecule has 0 unspecified atom stereocenters. The van der Waals surface area contributed by atoms with Crippen molar-refractivity contribution in [1.82, 2.24) is 5.32 Å². The van der Waals surface area contributed by atoms with Crippen LogP contribution in [0.3, 0.4) is 0 Å². The molecule has 0 aliphatic carbocycles. The highest BCUT2D eigenvalue weighted by molar-refractivity contribution is 8.00. The van der Waals surface area contributed by atoms with Crippen molar-refractivity contribution >= 4 is 47.5 Å². The van der Waals surface area contributed by atoms with E-state index in [1.807, 2.05) is 0 Å². The van der Waals surface area contributed by atoms with Crippen LogP contribution in [0.15, 0.2) is 0 Å². The highest BCUT2D eigenvalue weighted by Gasteiger charge is 2.58. The quantitative estimate of drug-likeness (QED) is 0.298. The summed E-state index contributed by atoms with van der Waals surface area (Å²) in [5.41, 5.74) is 0. The molecule has 0 bridgehead atoms. The number of thioether (sulfide) groups is 1. The summed E-state index contributed by atoms with van der Waals surface area (Å²) in [5, 5.41) is 2.59. The molecule has 1 aliphatic rings. The van der Waals surface area contributed by atoms with Crippen molar-refractivity contribution < 1.29 is 57.2 Å². The molecular weight excluding hydrogens is 490 g/mol. The predicted molar refractivity (Wildman–Crippen MR) is 119 cm³/mol. The molecule has 1 aliphatic heterocycles. The van der Waals surface area contributed by atoms with Gasteiger partial charge in [-0.05, 0) is 6.26 Å². The van der Waals surface area contributed by atoms with Gasteiger partial charge >= 0.3 is 29.8 Å². The van der Waals surface area contributed by atoms with Gasteiger partial charge in [0.25, 0.3) is 0 Å². The number of esters is 5. The van der Waals surface area contributed by atoms with E-state index in [2.05, 4.69) is 5.32 Å². The summed E-state index contributed by atoms with van der Waals surface area (Å²) in [7, 11) is 1.13. The van der Waals surface area contributed by atoms with Crippen LogP contribution in [0.5, 0.6) is 0 Å². The zero-order valence-corrected chi connectivity index (χ0v) is 21.4. The summed E-state index contributed by atoms with van der Waals surface area (Å²) in [4.78, 5) is 70.2. The topological polar surface area (TPSA) is 170 Å². The van der Waals surface area contributed by atoms with E-state index < -0.39 is 77.8 Å². The molecule has 14 heteroatoms. The van der Waals surface area contributed by atoms with Crippen LogP contribution in [0.4, 0.5) is 0 Å². The van der Waals surface area contributed by atoms with E-state index >= 15 is 0 Å². The lowest BCUT2D eigenvalue weighted by Gasteiger charge is -2.48. The fourth-order valence-electron chi connectivity index (χ4n) is 3.61. The molecule has 1 N–H and O–H groups in total. The van der Waals surface area contributed by atoms with Gasteiger partial charge in [-0.3, -0.25) is 24.0 Å². The summed E-state index contributed by atoms with van der Waals surface area (Å²) in [6, 6.07) is -1.17. The summed E-state index contributed by atoms with van der Waals surface area (Å²) in [5.74, 6) is -4.45. The Bertz CT molecular complexity index is 833. The minimum Gasteiger partial charge on any atom is -0.466 e. The fourth-order valence-corrected chi connectivity index (χ4v) is 4.40. The van der Waals surface area contributed by atoms with E-state index in [1.165, 1.54) is 6.92 Å². The Labute approximate surface area is 206 Å². The number of nitrogens with one attached hydrogen (secondary N) is 1. The monoisotopic (exact) mass is 521 g/mol. The molecule has 35 heavy (non-hydrogen) atoms. The largest absolute Gasteiger partial charge is 0.466 e. The Morgan fingerprint density at radius 2 is 1.57 bits per heavy atom. The molecule has 1 rings (SSSR count). The van der Waals surface area contributed by atoms with E-state index in [0.717, 1.165) is 46.6 Å². The first-order valence-corrected chi connectivity index (χ1v) is 11.7. The molecule has 1 amide bonds. The number of methoxy groups -OCH3 is 1. The van der Waals surface area contributed by atoms with Crippen LogP contribution in [0.25, 0.3) is 0 Å². The molecular formula is C21H31NO12S. The van der Waals surface area contributed by atoms with Crippen LogP contribution in [-0.2, 0) is 57.2 Å². The summed E-state index contributed by atoms with van der Waals surface area (Å²) >= 11 is 0.927. The van der Waals surface area contributed by atoms with Crippen LogP contribution in [-0.4, -0.2) is 91.1 Å². The van der Waals surface area contributed by atoms with Gasteiger partial charge in [0.15, 0.2) is 12.2 Å². The third kappa shape index (κ3) is 8.69. The molecule has 6 atom stereocenters. The first kappa shape index (κ1) is 30.2. The standard InChI is InChI=1S/C21H31NO12S/c1-10(23)22-17-15(31-12(3)25)8-21(35-7,20(28)29-6)34-19(17)18(33-14(5)27)16(32-13(4)26)9-30-11(2)24/h15-19H,8-9H2,1-7H3,(H,22,23)/t15-,16+,17+,18+,19-,21-/m0/s1. The van der Waals surface area contributed by atoms with E-state index in [1.54, 1.807) is 6.26 Å². The third-order valence-electron chi connectivity index (χ3n) is 4.82. The van der Waals surface area contributed by atoms with Gasteiger partial charge in [-0.25, -0.2) is 4.79 Å². The Balaban J connectivity index is 3.72. The van der Waals surface area contributed by atoms with E-state index in [-0.39, 0.29) is 6.42 Å². The van der Waals surface area contributed by atoms with Crippen molar-refractivity contribution in [3.63, 3.8) is 0 Å². The van der Waals surface area contributed by atoms with Gasteiger partial charge in [0, 0.05) is 41.0 Å². The Kier molecular flexibility index (Phi) is 11.4. The van der Waals surface area contributed by atoms with Crippen LogP contribution in [0, 0.1) is 0 Å². The minimum absolute atomic E-state index is 0.225. The highest BCUT2D eigenvalue weighted by Crippen LogP contribution is 2.41. The SMILES string of the molecule is COC(=O)[C@@]1(SC)C[C@H](OC(C)=O)[C@@H](NC(C)=O)[C@@H]([C@H](OC(C)=O)[C@@H](COC(C)=O)OC(C)=O)O1. The van der Waals surface area contributed by atoms with Gasteiger partial charge in [0.2, 0.25) is 10.8 Å². The smallest absolute Gasteiger partial charge is 0.348 e. The van der Waals surface area contributed by atoms with Gasteiger partial charge in [-0.15, -0.1) is 11.8 Å². The van der Waals surface area contributed by atoms with Crippen LogP contribution >= 0.6 is 11.8 Å². The molecule has 0 aromatic heterocycles. The van der Waals surface area contributed by atoms with Crippen molar-refractivity contribution in [2.24, 2.45) is 0 Å². The van der Waals surface area contributed by atoms with Gasteiger partial charge in [-0.2, -0.15) is 0 Å². The highest BCUT2D eigenvalue weighted by atomic mass is 32.2. The average molecular weight is 522 g/mol. The zero-order chi connectivity index (χ0) is 26.9. The van der Waals surface area contributed by atoms with E-state index in [0.29, 0.717) is 0 Å². The van der Waals surface area contributed by atoms with Gasteiger partial charge in [-0.1, -0.05) is 0 Å². The van der Waals surface area contributed by atoms with E-state index in [4.69, 9.17) is 28.4 Å².